The van der Waals surface area contributed by atoms with Crippen LogP contribution in [0.1, 0.15) is 12.8 Å². The highest BCUT2D eigenvalue weighted by Crippen LogP contribution is 1.97. The third-order valence-corrected chi connectivity index (χ3v) is 2.01. The number of rotatable bonds is 7. The van der Waals surface area contributed by atoms with Crippen LogP contribution in [0.5, 0.6) is 0 Å². The van der Waals surface area contributed by atoms with Gasteiger partial charge in [0.05, 0.1) is 0 Å². The normalized spacial score (nSPS) is 11.8. The van der Waals surface area contributed by atoms with Crippen molar-refractivity contribution in [3.05, 3.63) is 6.33 Å². The van der Waals surface area contributed by atoms with E-state index < -0.39 is 23.8 Å². The van der Waals surface area contributed by atoms with Gasteiger partial charge in [-0.15, -0.1) is 5.10 Å². The molecular formula is C8H12N6O4. The van der Waals surface area contributed by atoms with Gasteiger partial charge in [-0.2, -0.15) is 0 Å². The maximum atomic E-state index is 11.5. The lowest BCUT2D eigenvalue weighted by atomic mass is 10.1. The summed E-state index contributed by atoms with van der Waals surface area (Å²) in [5.74, 6) is -2.43. The van der Waals surface area contributed by atoms with Crippen molar-refractivity contribution in [1.29, 1.82) is 0 Å². The van der Waals surface area contributed by atoms with E-state index in [-0.39, 0.29) is 19.4 Å². The Labute approximate surface area is 101 Å². The van der Waals surface area contributed by atoms with Gasteiger partial charge < -0.3 is 16.2 Å². The molecule has 0 aliphatic rings. The molecule has 10 heteroatoms. The average Bonchev–Trinajstić information content (AvgIpc) is 2.76. The van der Waals surface area contributed by atoms with E-state index in [2.05, 4.69) is 20.8 Å². The molecule has 1 aromatic rings. The molecule has 2 amide bonds. The lowest BCUT2D eigenvalue weighted by molar-refractivity contribution is -0.142. The van der Waals surface area contributed by atoms with E-state index in [1.165, 1.54) is 6.33 Å². The second-order valence-corrected chi connectivity index (χ2v) is 3.47. The number of carboxylic acid groups (broad SMARTS) is 1. The number of nitrogens with zero attached hydrogens (tertiary/aromatic N) is 4. The number of nitrogens with two attached hydrogens (primary N) is 1. The first-order valence-corrected chi connectivity index (χ1v) is 5.00. The third kappa shape index (κ3) is 4.55. The van der Waals surface area contributed by atoms with Crippen molar-refractivity contribution >= 4 is 17.8 Å². The molecule has 0 aliphatic heterocycles. The lowest BCUT2D eigenvalue weighted by Gasteiger charge is -2.13. The van der Waals surface area contributed by atoms with Crippen molar-refractivity contribution in [2.24, 2.45) is 5.73 Å². The largest absolute Gasteiger partial charge is 0.480 e. The average molecular weight is 256 g/mol. The number of carbonyl (C=O) groups excluding carboxylic acids is 2. The molecule has 1 unspecified atom stereocenters. The molecule has 0 saturated heterocycles. The summed E-state index contributed by atoms with van der Waals surface area (Å²) in [6.45, 7) is -0.201. The number of tetrazole rings is 1. The Morgan fingerprint density at radius 2 is 2.17 bits per heavy atom. The molecule has 1 heterocycles. The van der Waals surface area contributed by atoms with Crippen LogP contribution in [0.25, 0.3) is 0 Å². The molecule has 0 bridgehead atoms. The van der Waals surface area contributed by atoms with Gasteiger partial charge in [0.15, 0.2) is 0 Å². The molecule has 4 N–H and O–H groups in total. The Hall–Kier alpha value is -2.52. The van der Waals surface area contributed by atoms with Crippen LogP contribution in [0.15, 0.2) is 6.33 Å². The fraction of sp³-hybridized carbons (Fsp3) is 0.500. The molecule has 18 heavy (non-hydrogen) atoms. The number of aromatic nitrogens is 4. The van der Waals surface area contributed by atoms with Gasteiger partial charge in [0.2, 0.25) is 11.8 Å². The highest BCUT2D eigenvalue weighted by molar-refractivity contribution is 5.84. The first kappa shape index (κ1) is 13.5. The molecule has 0 aliphatic carbocycles. The summed E-state index contributed by atoms with van der Waals surface area (Å²) in [5.41, 5.74) is 4.91. The summed E-state index contributed by atoms with van der Waals surface area (Å²) in [6.07, 6.45) is 1.03. The summed E-state index contributed by atoms with van der Waals surface area (Å²) in [6, 6.07) is -1.17. The quantitative estimate of drug-likeness (QED) is 0.487. The highest BCUT2D eigenvalue weighted by atomic mass is 16.4. The molecule has 0 fully saturated rings. The number of carboxylic acids is 1. The molecule has 0 aromatic carbocycles. The van der Waals surface area contributed by atoms with Crippen LogP contribution in [0.4, 0.5) is 0 Å². The second-order valence-electron chi connectivity index (χ2n) is 3.47. The van der Waals surface area contributed by atoms with Gasteiger partial charge in [-0.3, -0.25) is 9.59 Å². The fourth-order valence-electron chi connectivity index (χ4n) is 1.18. The standard InChI is InChI=1S/C8H12N6O4/c9-6(15)2-1-5(8(17)18)11-7(16)3-14-4-10-12-13-14/h4-5H,1-3H2,(H2,9,15)(H,11,16)(H,17,18). The third-order valence-electron chi connectivity index (χ3n) is 2.01. The van der Waals surface area contributed by atoms with Crippen LogP contribution in [-0.4, -0.2) is 49.1 Å². The zero-order chi connectivity index (χ0) is 13.5. The minimum Gasteiger partial charge on any atom is -0.480 e. The summed E-state index contributed by atoms with van der Waals surface area (Å²) in [7, 11) is 0. The number of primary amides is 1. The van der Waals surface area contributed by atoms with E-state index in [1.54, 1.807) is 0 Å². The molecule has 10 nitrogen and oxygen atoms in total. The van der Waals surface area contributed by atoms with Crippen LogP contribution in [-0.2, 0) is 20.9 Å². The summed E-state index contributed by atoms with van der Waals surface area (Å²) >= 11 is 0. The molecule has 0 radical (unpaired) electrons. The molecule has 98 valence electrons. The van der Waals surface area contributed by atoms with E-state index in [0.717, 1.165) is 4.68 Å². The van der Waals surface area contributed by atoms with Gasteiger partial charge in [-0.25, -0.2) is 9.48 Å². The van der Waals surface area contributed by atoms with Crippen molar-refractivity contribution < 1.29 is 19.5 Å². The minimum absolute atomic E-state index is 0.0635. The van der Waals surface area contributed by atoms with E-state index in [0.29, 0.717) is 0 Å². The Balaban J connectivity index is 2.47. The van der Waals surface area contributed by atoms with Crippen molar-refractivity contribution in [3.63, 3.8) is 0 Å². The number of aliphatic carboxylic acids is 1. The predicted octanol–water partition coefficient (Wildman–Crippen LogP) is -2.49. The molecular weight excluding hydrogens is 244 g/mol. The summed E-state index contributed by atoms with van der Waals surface area (Å²) < 4.78 is 1.14. The fourth-order valence-corrected chi connectivity index (χ4v) is 1.18. The van der Waals surface area contributed by atoms with Crippen molar-refractivity contribution in [1.82, 2.24) is 25.5 Å². The first-order chi connectivity index (χ1) is 8.49. The molecule has 1 aromatic heterocycles. The SMILES string of the molecule is NC(=O)CCC(NC(=O)Cn1cnnn1)C(=O)O. The smallest absolute Gasteiger partial charge is 0.326 e. The maximum absolute atomic E-state index is 11.5. The van der Waals surface area contributed by atoms with Gasteiger partial charge in [-0.1, -0.05) is 0 Å². The Morgan fingerprint density at radius 3 is 2.67 bits per heavy atom. The Bertz CT molecular complexity index is 431. The summed E-state index contributed by atoms with van der Waals surface area (Å²) in [4.78, 5) is 32.9. The van der Waals surface area contributed by atoms with E-state index in [4.69, 9.17) is 10.8 Å². The van der Waals surface area contributed by atoms with Gasteiger partial charge in [0.1, 0.15) is 18.9 Å². The van der Waals surface area contributed by atoms with Crippen LogP contribution >= 0.6 is 0 Å². The van der Waals surface area contributed by atoms with Crippen molar-refractivity contribution in [2.75, 3.05) is 0 Å². The van der Waals surface area contributed by atoms with Gasteiger partial charge in [0, 0.05) is 6.42 Å². The van der Waals surface area contributed by atoms with E-state index >= 15 is 0 Å². The number of nitrogens with one attached hydrogen (secondary N) is 1. The maximum Gasteiger partial charge on any atom is 0.326 e. The topological polar surface area (TPSA) is 153 Å². The van der Waals surface area contributed by atoms with Gasteiger partial charge in [0.25, 0.3) is 0 Å². The van der Waals surface area contributed by atoms with Crippen LogP contribution in [0.2, 0.25) is 0 Å². The Morgan fingerprint density at radius 1 is 1.44 bits per heavy atom. The monoisotopic (exact) mass is 256 g/mol. The Kier molecular flexibility index (Phi) is 4.72. The number of amides is 2. The number of hydrogen-bond donors (Lipinski definition) is 3. The van der Waals surface area contributed by atoms with Crippen LogP contribution < -0.4 is 11.1 Å². The molecule has 1 atom stereocenters. The molecule has 0 saturated carbocycles. The zero-order valence-electron chi connectivity index (χ0n) is 9.31. The van der Waals surface area contributed by atoms with Crippen molar-refractivity contribution in [3.8, 4) is 0 Å². The molecule has 0 spiro atoms. The van der Waals surface area contributed by atoms with Crippen molar-refractivity contribution in [2.45, 2.75) is 25.4 Å². The predicted molar refractivity (Wildman–Crippen MR) is 55.8 cm³/mol. The second kappa shape index (κ2) is 6.27. The summed E-state index contributed by atoms with van der Waals surface area (Å²) in [5, 5.41) is 21.2. The van der Waals surface area contributed by atoms with Gasteiger partial charge in [-0.05, 0) is 16.8 Å². The minimum atomic E-state index is -1.23. The number of carbonyl (C=O) groups is 3. The first-order valence-electron chi connectivity index (χ1n) is 5.00. The number of hydrogen-bond acceptors (Lipinski definition) is 6. The lowest BCUT2D eigenvalue weighted by Crippen LogP contribution is -2.42. The zero-order valence-corrected chi connectivity index (χ0v) is 9.31. The molecule has 1 rings (SSSR count). The van der Waals surface area contributed by atoms with Gasteiger partial charge >= 0.3 is 5.97 Å². The highest BCUT2D eigenvalue weighted by Gasteiger charge is 2.20. The van der Waals surface area contributed by atoms with E-state index in [1.807, 2.05) is 0 Å². The van der Waals surface area contributed by atoms with Crippen LogP contribution in [0, 0.1) is 0 Å². The van der Waals surface area contributed by atoms with Crippen LogP contribution in [0.3, 0.4) is 0 Å². The van der Waals surface area contributed by atoms with E-state index in [9.17, 15) is 14.4 Å².